The van der Waals surface area contributed by atoms with Crippen LogP contribution in [0.5, 0.6) is 0 Å². The number of aliphatic hydroxyl groups is 1. The number of rotatable bonds is 7. The molecule has 2 aliphatic rings. The summed E-state index contributed by atoms with van der Waals surface area (Å²) in [4.78, 5) is 12.2. The molecular formula is C16H27NO4. The van der Waals surface area contributed by atoms with Crippen molar-refractivity contribution in [3.05, 3.63) is 11.8 Å². The van der Waals surface area contributed by atoms with E-state index in [2.05, 4.69) is 12.2 Å². The molecule has 1 amide bonds. The molecule has 2 atom stereocenters. The lowest BCUT2D eigenvalue weighted by Crippen LogP contribution is -2.37. The summed E-state index contributed by atoms with van der Waals surface area (Å²) in [5, 5.41) is 11.8. The van der Waals surface area contributed by atoms with Gasteiger partial charge in [-0.2, -0.15) is 0 Å². The van der Waals surface area contributed by atoms with Crippen LogP contribution in [0.3, 0.4) is 0 Å². The van der Waals surface area contributed by atoms with Crippen LogP contribution in [0.1, 0.15) is 51.9 Å². The summed E-state index contributed by atoms with van der Waals surface area (Å²) in [6.45, 7) is 2.80. The molecule has 1 aliphatic carbocycles. The van der Waals surface area contributed by atoms with Crippen LogP contribution < -0.4 is 5.32 Å². The summed E-state index contributed by atoms with van der Waals surface area (Å²) in [7, 11) is 0. The van der Waals surface area contributed by atoms with E-state index in [1.54, 1.807) is 0 Å². The molecule has 0 radical (unpaired) electrons. The number of unbranched alkanes of at least 4 members (excludes halogenated alkanes) is 1. The van der Waals surface area contributed by atoms with E-state index in [9.17, 15) is 4.79 Å². The summed E-state index contributed by atoms with van der Waals surface area (Å²) in [6.07, 6.45) is 8.34. The molecular weight excluding hydrogens is 270 g/mol. The van der Waals surface area contributed by atoms with Crippen LogP contribution >= 0.6 is 0 Å². The quantitative estimate of drug-likeness (QED) is 0.706. The highest BCUT2D eigenvalue weighted by Crippen LogP contribution is 2.24. The van der Waals surface area contributed by atoms with Gasteiger partial charge in [-0.15, -0.1) is 0 Å². The third kappa shape index (κ3) is 5.32. The molecule has 0 aromatic heterocycles. The van der Waals surface area contributed by atoms with E-state index in [1.807, 2.05) is 6.08 Å². The van der Waals surface area contributed by atoms with Crippen molar-refractivity contribution < 1.29 is 19.4 Å². The van der Waals surface area contributed by atoms with Gasteiger partial charge < -0.3 is 19.9 Å². The first-order valence-corrected chi connectivity index (χ1v) is 8.11. The lowest BCUT2D eigenvalue weighted by atomic mass is 10.0. The van der Waals surface area contributed by atoms with Gasteiger partial charge in [0.1, 0.15) is 0 Å². The highest BCUT2D eigenvalue weighted by Gasteiger charge is 2.27. The standard InChI is InChI=1S/C16H27NO4/c1-12-10-14(16(19)17-13-6-2-3-7-13)21-15(11-12)20-9-5-4-8-18/h10,12-13,15,18H,2-9,11H2,1H3,(H,17,19)/t12-,15+/m0/s1. The Morgan fingerprint density at radius 1 is 1.43 bits per heavy atom. The maximum absolute atomic E-state index is 12.2. The van der Waals surface area contributed by atoms with Crippen LogP contribution in [0.2, 0.25) is 0 Å². The molecule has 2 N–H and O–H groups in total. The molecule has 0 saturated heterocycles. The maximum Gasteiger partial charge on any atom is 0.286 e. The number of allylic oxidation sites excluding steroid dienone is 1. The highest BCUT2D eigenvalue weighted by molar-refractivity contribution is 5.91. The van der Waals surface area contributed by atoms with Crippen molar-refractivity contribution in [1.29, 1.82) is 0 Å². The number of hydrogen-bond acceptors (Lipinski definition) is 4. The van der Waals surface area contributed by atoms with Crippen LogP contribution in [-0.2, 0) is 14.3 Å². The maximum atomic E-state index is 12.2. The molecule has 0 aromatic rings. The highest BCUT2D eigenvalue weighted by atomic mass is 16.7. The van der Waals surface area contributed by atoms with Crippen molar-refractivity contribution in [3.8, 4) is 0 Å². The van der Waals surface area contributed by atoms with Crippen molar-refractivity contribution >= 4 is 5.91 Å². The van der Waals surface area contributed by atoms with Crippen LogP contribution in [0, 0.1) is 5.92 Å². The van der Waals surface area contributed by atoms with Gasteiger partial charge in [0.15, 0.2) is 5.76 Å². The topological polar surface area (TPSA) is 67.8 Å². The fraction of sp³-hybridized carbons (Fsp3) is 0.812. The van der Waals surface area contributed by atoms with Crippen LogP contribution in [0.15, 0.2) is 11.8 Å². The third-order valence-electron chi connectivity index (χ3n) is 4.03. The molecule has 1 saturated carbocycles. The zero-order chi connectivity index (χ0) is 15.1. The SMILES string of the molecule is C[C@H]1C=C(C(=O)NC2CCCC2)O[C@@H](OCCCCO)C1. The van der Waals surface area contributed by atoms with Gasteiger partial charge in [-0.1, -0.05) is 19.8 Å². The summed E-state index contributed by atoms with van der Waals surface area (Å²) in [5.41, 5.74) is 0. The molecule has 0 bridgehead atoms. The van der Waals surface area contributed by atoms with Crippen molar-refractivity contribution in [1.82, 2.24) is 5.32 Å². The van der Waals surface area contributed by atoms with E-state index < -0.39 is 0 Å². The molecule has 21 heavy (non-hydrogen) atoms. The van der Waals surface area contributed by atoms with E-state index in [0.717, 1.165) is 32.1 Å². The molecule has 2 rings (SSSR count). The van der Waals surface area contributed by atoms with E-state index in [1.165, 1.54) is 12.8 Å². The molecule has 1 aliphatic heterocycles. The second kappa shape index (κ2) is 8.39. The number of ether oxygens (including phenoxy) is 2. The van der Waals surface area contributed by atoms with Gasteiger partial charge in [0.2, 0.25) is 6.29 Å². The Labute approximate surface area is 126 Å². The van der Waals surface area contributed by atoms with E-state index in [-0.39, 0.29) is 24.7 Å². The number of carbonyl (C=O) groups is 1. The number of hydrogen-bond donors (Lipinski definition) is 2. The number of aliphatic hydroxyl groups excluding tert-OH is 1. The molecule has 5 heteroatoms. The van der Waals surface area contributed by atoms with Crippen molar-refractivity contribution in [2.45, 2.75) is 64.2 Å². The first-order valence-electron chi connectivity index (χ1n) is 8.11. The van der Waals surface area contributed by atoms with Gasteiger partial charge >= 0.3 is 0 Å². The fourth-order valence-electron chi connectivity index (χ4n) is 2.85. The molecule has 0 unspecified atom stereocenters. The minimum absolute atomic E-state index is 0.114. The largest absolute Gasteiger partial charge is 0.459 e. The predicted molar refractivity (Wildman–Crippen MR) is 79.4 cm³/mol. The smallest absolute Gasteiger partial charge is 0.286 e. The molecule has 1 fully saturated rings. The Morgan fingerprint density at radius 2 is 2.19 bits per heavy atom. The lowest BCUT2D eigenvalue weighted by molar-refractivity contribution is -0.149. The van der Waals surface area contributed by atoms with Gasteiger partial charge in [-0.05, 0) is 37.7 Å². The second-order valence-corrected chi connectivity index (χ2v) is 6.05. The first-order chi connectivity index (χ1) is 10.2. The Hall–Kier alpha value is -1.07. The zero-order valence-corrected chi connectivity index (χ0v) is 12.8. The van der Waals surface area contributed by atoms with Gasteiger partial charge in [0.25, 0.3) is 5.91 Å². The van der Waals surface area contributed by atoms with E-state index >= 15 is 0 Å². The normalized spacial score (nSPS) is 26.3. The van der Waals surface area contributed by atoms with Gasteiger partial charge in [0, 0.05) is 19.1 Å². The Morgan fingerprint density at radius 3 is 2.90 bits per heavy atom. The summed E-state index contributed by atoms with van der Waals surface area (Å²) >= 11 is 0. The van der Waals surface area contributed by atoms with E-state index in [4.69, 9.17) is 14.6 Å². The minimum atomic E-state index is -0.354. The third-order valence-corrected chi connectivity index (χ3v) is 4.03. The Balaban J connectivity index is 1.79. The molecule has 0 aromatic carbocycles. The number of carbonyl (C=O) groups excluding carboxylic acids is 1. The molecule has 120 valence electrons. The van der Waals surface area contributed by atoms with Gasteiger partial charge in [-0.25, -0.2) is 0 Å². The van der Waals surface area contributed by atoms with Crippen LogP contribution in [-0.4, -0.2) is 36.6 Å². The summed E-state index contributed by atoms with van der Waals surface area (Å²) in [6, 6.07) is 0.295. The lowest BCUT2D eigenvalue weighted by Gasteiger charge is -2.28. The monoisotopic (exact) mass is 297 g/mol. The van der Waals surface area contributed by atoms with Gasteiger partial charge in [-0.3, -0.25) is 4.79 Å². The number of nitrogens with one attached hydrogen (secondary N) is 1. The van der Waals surface area contributed by atoms with Crippen molar-refractivity contribution in [3.63, 3.8) is 0 Å². The second-order valence-electron chi connectivity index (χ2n) is 6.05. The molecule has 5 nitrogen and oxygen atoms in total. The fourth-order valence-corrected chi connectivity index (χ4v) is 2.85. The average molecular weight is 297 g/mol. The predicted octanol–water partition coefficient (Wildman–Crippen LogP) is 2.10. The average Bonchev–Trinajstić information content (AvgIpc) is 2.96. The summed E-state index contributed by atoms with van der Waals surface area (Å²) < 4.78 is 11.3. The summed E-state index contributed by atoms with van der Waals surface area (Å²) in [5.74, 6) is 0.552. The van der Waals surface area contributed by atoms with Crippen molar-refractivity contribution in [2.75, 3.05) is 13.2 Å². The molecule has 1 heterocycles. The Bertz CT molecular complexity index is 363. The molecule has 0 spiro atoms. The Kier molecular flexibility index (Phi) is 6.51. The van der Waals surface area contributed by atoms with E-state index in [0.29, 0.717) is 18.4 Å². The zero-order valence-electron chi connectivity index (χ0n) is 12.8. The van der Waals surface area contributed by atoms with Crippen LogP contribution in [0.4, 0.5) is 0 Å². The number of amides is 1. The van der Waals surface area contributed by atoms with Crippen molar-refractivity contribution in [2.24, 2.45) is 5.92 Å². The van der Waals surface area contributed by atoms with Gasteiger partial charge in [0.05, 0.1) is 6.61 Å². The first kappa shape index (κ1) is 16.3. The van der Waals surface area contributed by atoms with Crippen LogP contribution in [0.25, 0.3) is 0 Å². The minimum Gasteiger partial charge on any atom is -0.459 e.